The summed E-state index contributed by atoms with van der Waals surface area (Å²) < 4.78 is 0. The predicted octanol–water partition coefficient (Wildman–Crippen LogP) is 4.18. The van der Waals surface area contributed by atoms with Gasteiger partial charge in [0.2, 0.25) is 0 Å². The van der Waals surface area contributed by atoms with E-state index in [1.165, 1.54) is 19.3 Å². The Morgan fingerprint density at radius 3 is 1.92 bits per heavy atom. The highest BCUT2D eigenvalue weighted by Crippen LogP contribution is 2.10. The normalized spacial score (nSPS) is 10.5. The lowest BCUT2D eigenvalue weighted by atomic mass is 10.2. The van der Waals surface area contributed by atoms with Crippen LogP contribution in [0.2, 0.25) is 0 Å². The molecule has 2 amide bonds. The van der Waals surface area contributed by atoms with Crippen molar-refractivity contribution in [2.24, 2.45) is 0 Å². The van der Waals surface area contributed by atoms with Crippen LogP contribution in [-0.4, -0.2) is 30.6 Å². The molecule has 2 N–H and O–H groups in total. The molecule has 140 valence electrons. The standard InChI is InChI=1S/C22H31N3O/c1-2-3-10-15-23-16-17-24-22(26)25(18-20-11-6-4-7-12-20)19-21-13-8-5-9-14-21/h4-9,11-14,23H,2-3,10,15-19H2,1H3,(H,24,26). The van der Waals surface area contributed by atoms with E-state index in [-0.39, 0.29) is 6.03 Å². The molecule has 0 aromatic heterocycles. The molecule has 0 aliphatic heterocycles. The van der Waals surface area contributed by atoms with Gasteiger partial charge in [-0.2, -0.15) is 0 Å². The van der Waals surface area contributed by atoms with E-state index < -0.39 is 0 Å². The highest BCUT2D eigenvalue weighted by Gasteiger charge is 2.14. The lowest BCUT2D eigenvalue weighted by Crippen LogP contribution is -2.41. The number of benzene rings is 2. The molecule has 0 aliphatic rings. The first-order valence-electron chi connectivity index (χ1n) is 9.61. The number of unbranched alkanes of at least 4 members (excludes halogenated alkanes) is 2. The van der Waals surface area contributed by atoms with Gasteiger partial charge >= 0.3 is 6.03 Å². The topological polar surface area (TPSA) is 44.4 Å². The van der Waals surface area contributed by atoms with E-state index in [1.54, 1.807) is 0 Å². The minimum Gasteiger partial charge on any atom is -0.337 e. The average molecular weight is 354 g/mol. The van der Waals surface area contributed by atoms with Gasteiger partial charge in [-0.05, 0) is 24.1 Å². The van der Waals surface area contributed by atoms with E-state index >= 15 is 0 Å². The summed E-state index contributed by atoms with van der Waals surface area (Å²) in [5, 5.41) is 6.42. The lowest BCUT2D eigenvalue weighted by Gasteiger charge is -2.23. The summed E-state index contributed by atoms with van der Waals surface area (Å²) in [6, 6.07) is 20.2. The van der Waals surface area contributed by atoms with E-state index in [4.69, 9.17) is 0 Å². The van der Waals surface area contributed by atoms with Crippen molar-refractivity contribution in [2.45, 2.75) is 39.3 Å². The van der Waals surface area contributed by atoms with Crippen LogP contribution in [0.3, 0.4) is 0 Å². The molecule has 0 saturated carbocycles. The summed E-state index contributed by atoms with van der Waals surface area (Å²) in [6.07, 6.45) is 3.67. The Morgan fingerprint density at radius 2 is 1.38 bits per heavy atom. The number of nitrogens with one attached hydrogen (secondary N) is 2. The maximum atomic E-state index is 12.7. The molecule has 0 atom stereocenters. The zero-order chi connectivity index (χ0) is 18.5. The van der Waals surface area contributed by atoms with Crippen LogP contribution in [0.4, 0.5) is 4.79 Å². The summed E-state index contributed by atoms with van der Waals surface area (Å²) in [4.78, 5) is 14.5. The van der Waals surface area contributed by atoms with Crippen LogP contribution in [0, 0.1) is 0 Å². The first kappa shape index (κ1) is 20.0. The number of amides is 2. The lowest BCUT2D eigenvalue weighted by molar-refractivity contribution is 0.192. The summed E-state index contributed by atoms with van der Waals surface area (Å²) in [7, 11) is 0. The minimum atomic E-state index is -0.0203. The molecular formula is C22H31N3O. The van der Waals surface area contributed by atoms with Crippen LogP contribution < -0.4 is 10.6 Å². The molecule has 0 unspecified atom stereocenters. The number of carbonyl (C=O) groups is 1. The van der Waals surface area contributed by atoms with E-state index in [1.807, 2.05) is 41.3 Å². The van der Waals surface area contributed by atoms with Crippen molar-refractivity contribution in [1.82, 2.24) is 15.5 Å². The number of nitrogens with zero attached hydrogens (tertiary/aromatic N) is 1. The van der Waals surface area contributed by atoms with Crippen LogP contribution in [-0.2, 0) is 13.1 Å². The maximum Gasteiger partial charge on any atom is 0.318 e. The number of hydrogen-bond donors (Lipinski definition) is 2. The second kappa shape index (κ2) is 12.1. The van der Waals surface area contributed by atoms with Crippen molar-refractivity contribution in [2.75, 3.05) is 19.6 Å². The summed E-state index contributed by atoms with van der Waals surface area (Å²) in [6.45, 7) is 5.87. The average Bonchev–Trinajstić information content (AvgIpc) is 2.68. The largest absolute Gasteiger partial charge is 0.337 e. The van der Waals surface area contributed by atoms with Crippen molar-refractivity contribution in [3.63, 3.8) is 0 Å². The molecule has 2 rings (SSSR count). The van der Waals surface area contributed by atoms with Crippen LogP contribution in [0.1, 0.15) is 37.3 Å². The first-order chi connectivity index (χ1) is 12.8. The van der Waals surface area contributed by atoms with Crippen molar-refractivity contribution in [3.05, 3.63) is 71.8 Å². The van der Waals surface area contributed by atoms with Gasteiger partial charge in [-0.3, -0.25) is 0 Å². The minimum absolute atomic E-state index is 0.0203. The van der Waals surface area contributed by atoms with Crippen LogP contribution in [0.25, 0.3) is 0 Å². The summed E-state index contributed by atoms with van der Waals surface area (Å²) in [5.74, 6) is 0. The van der Waals surface area contributed by atoms with Gasteiger partial charge in [-0.15, -0.1) is 0 Å². The van der Waals surface area contributed by atoms with Crippen LogP contribution in [0.5, 0.6) is 0 Å². The highest BCUT2D eigenvalue weighted by atomic mass is 16.2. The van der Waals surface area contributed by atoms with Crippen molar-refractivity contribution >= 4 is 6.03 Å². The van der Waals surface area contributed by atoms with Gasteiger partial charge < -0.3 is 15.5 Å². The Bertz CT molecular complexity index is 574. The third-order valence-corrected chi connectivity index (χ3v) is 4.25. The molecule has 0 aliphatic carbocycles. The SMILES string of the molecule is CCCCCNCCNC(=O)N(Cc1ccccc1)Cc1ccccc1. The number of hydrogen-bond acceptors (Lipinski definition) is 2. The quantitative estimate of drug-likeness (QED) is 0.595. The molecule has 2 aromatic carbocycles. The third kappa shape index (κ3) is 7.70. The Morgan fingerprint density at radius 1 is 0.808 bits per heavy atom. The number of rotatable bonds is 11. The first-order valence-corrected chi connectivity index (χ1v) is 9.61. The summed E-state index contributed by atoms with van der Waals surface area (Å²) >= 11 is 0. The van der Waals surface area contributed by atoms with Crippen LogP contribution >= 0.6 is 0 Å². The van der Waals surface area contributed by atoms with E-state index in [0.717, 1.165) is 24.2 Å². The van der Waals surface area contributed by atoms with Gasteiger partial charge in [-0.1, -0.05) is 80.4 Å². The number of carbonyl (C=O) groups excluding carboxylic acids is 1. The van der Waals surface area contributed by atoms with Gasteiger partial charge in [0.25, 0.3) is 0 Å². The molecule has 4 heteroatoms. The zero-order valence-corrected chi connectivity index (χ0v) is 15.8. The molecule has 0 fully saturated rings. The predicted molar refractivity (Wildman–Crippen MR) is 108 cm³/mol. The molecule has 0 saturated heterocycles. The molecule has 26 heavy (non-hydrogen) atoms. The molecule has 0 spiro atoms. The Kier molecular flexibility index (Phi) is 9.30. The van der Waals surface area contributed by atoms with E-state index in [9.17, 15) is 4.79 Å². The summed E-state index contributed by atoms with van der Waals surface area (Å²) in [5.41, 5.74) is 2.27. The molecule has 0 heterocycles. The second-order valence-corrected chi connectivity index (χ2v) is 6.52. The Labute approximate surface area is 157 Å². The smallest absolute Gasteiger partial charge is 0.318 e. The molecule has 2 aromatic rings. The maximum absolute atomic E-state index is 12.7. The van der Waals surface area contributed by atoms with Crippen LogP contribution in [0.15, 0.2) is 60.7 Å². The van der Waals surface area contributed by atoms with Crippen molar-refractivity contribution in [3.8, 4) is 0 Å². The van der Waals surface area contributed by atoms with Crippen molar-refractivity contribution < 1.29 is 4.79 Å². The Hall–Kier alpha value is -2.33. The Balaban J connectivity index is 1.85. The number of urea groups is 1. The molecule has 0 bridgehead atoms. The van der Waals surface area contributed by atoms with E-state index in [2.05, 4.69) is 41.8 Å². The van der Waals surface area contributed by atoms with Gasteiger partial charge in [0.05, 0.1) is 0 Å². The molecule has 4 nitrogen and oxygen atoms in total. The molecular weight excluding hydrogens is 322 g/mol. The van der Waals surface area contributed by atoms with E-state index in [0.29, 0.717) is 19.6 Å². The van der Waals surface area contributed by atoms with Gasteiger partial charge in [-0.25, -0.2) is 4.79 Å². The second-order valence-electron chi connectivity index (χ2n) is 6.52. The fourth-order valence-corrected chi connectivity index (χ4v) is 2.80. The fraction of sp³-hybridized carbons (Fsp3) is 0.409. The highest BCUT2D eigenvalue weighted by molar-refractivity contribution is 5.74. The van der Waals surface area contributed by atoms with Gasteiger partial charge in [0.15, 0.2) is 0 Å². The third-order valence-electron chi connectivity index (χ3n) is 4.25. The zero-order valence-electron chi connectivity index (χ0n) is 15.8. The monoisotopic (exact) mass is 353 g/mol. The fourth-order valence-electron chi connectivity index (χ4n) is 2.80. The molecule has 0 radical (unpaired) electrons. The van der Waals surface area contributed by atoms with Gasteiger partial charge in [0.1, 0.15) is 0 Å². The van der Waals surface area contributed by atoms with Gasteiger partial charge in [0, 0.05) is 26.2 Å². The van der Waals surface area contributed by atoms with Crippen molar-refractivity contribution in [1.29, 1.82) is 0 Å².